The maximum Gasteiger partial charge on any atom is 0.325 e. The van der Waals surface area contributed by atoms with Crippen LogP contribution in [0.3, 0.4) is 0 Å². The van der Waals surface area contributed by atoms with E-state index in [0.717, 1.165) is 18.2 Å². The molecule has 3 rings (SSSR count). The highest BCUT2D eigenvalue weighted by Crippen LogP contribution is 2.29. The SMILES string of the molecule is CC1(c2cccc(C(N)=O)c2)NC(=O)N(CC(=O)NCC(=O)Nc2ccc(F)c(F)c2)C1=O. The summed E-state index contributed by atoms with van der Waals surface area (Å²) in [6.07, 6.45) is 0. The summed E-state index contributed by atoms with van der Waals surface area (Å²) in [5, 5.41) is 6.99. The van der Waals surface area contributed by atoms with Gasteiger partial charge in [-0.1, -0.05) is 12.1 Å². The molecular weight excluding hydrogens is 440 g/mol. The first-order chi connectivity index (χ1) is 15.5. The van der Waals surface area contributed by atoms with Crippen molar-refractivity contribution in [2.45, 2.75) is 12.5 Å². The molecule has 1 saturated heterocycles. The van der Waals surface area contributed by atoms with Crippen molar-refractivity contribution in [3.8, 4) is 0 Å². The van der Waals surface area contributed by atoms with E-state index in [1.165, 1.54) is 31.2 Å². The zero-order valence-corrected chi connectivity index (χ0v) is 17.3. The smallest absolute Gasteiger partial charge is 0.325 e. The number of hydrogen-bond acceptors (Lipinski definition) is 5. The van der Waals surface area contributed by atoms with Gasteiger partial charge in [0.05, 0.1) is 6.54 Å². The quantitative estimate of drug-likeness (QED) is 0.447. The first-order valence-corrected chi connectivity index (χ1v) is 9.57. The van der Waals surface area contributed by atoms with Crippen LogP contribution >= 0.6 is 0 Å². The number of urea groups is 1. The van der Waals surface area contributed by atoms with Crippen LogP contribution in [-0.4, -0.2) is 47.6 Å². The number of benzene rings is 2. The van der Waals surface area contributed by atoms with E-state index in [-0.39, 0.29) is 11.3 Å². The second-order valence-electron chi connectivity index (χ2n) is 7.35. The van der Waals surface area contributed by atoms with Gasteiger partial charge in [0.15, 0.2) is 11.6 Å². The van der Waals surface area contributed by atoms with E-state index in [4.69, 9.17) is 5.73 Å². The predicted octanol–water partition coefficient (Wildman–Crippen LogP) is 0.586. The number of halogens is 2. The van der Waals surface area contributed by atoms with Crippen molar-refractivity contribution < 1.29 is 32.8 Å². The van der Waals surface area contributed by atoms with Crippen molar-refractivity contribution in [2.75, 3.05) is 18.4 Å². The van der Waals surface area contributed by atoms with Gasteiger partial charge in [0.1, 0.15) is 12.1 Å². The van der Waals surface area contributed by atoms with Crippen LogP contribution in [0.2, 0.25) is 0 Å². The second kappa shape index (κ2) is 9.02. The Balaban J connectivity index is 1.60. The first-order valence-electron chi connectivity index (χ1n) is 9.57. The highest BCUT2D eigenvalue weighted by atomic mass is 19.2. The van der Waals surface area contributed by atoms with Gasteiger partial charge >= 0.3 is 6.03 Å². The minimum absolute atomic E-state index is 0.0174. The van der Waals surface area contributed by atoms with Gasteiger partial charge in [0.2, 0.25) is 17.7 Å². The third-order valence-corrected chi connectivity index (χ3v) is 4.95. The fraction of sp³-hybridized carbons (Fsp3) is 0.190. The van der Waals surface area contributed by atoms with Crippen molar-refractivity contribution in [1.29, 1.82) is 0 Å². The normalized spacial score (nSPS) is 17.5. The van der Waals surface area contributed by atoms with E-state index in [2.05, 4.69) is 16.0 Å². The number of carbonyl (C=O) groups excluding carboxylic acids is 5. The minimum Gasteiger partial charge on any atom is -0.366 e. The van der Waals surface area contributed by atoms with Crippen molar-refractivity contribution in [2.24, 2.45) is 5.73 Å². The minimum atomic E-state index is -1.53. The summed E-state index contributed by atoms with van der Waals surface area (Å²) in [4.78, 5) is 61.4. The van der Waals surface area contributed by atoms with E-state index in [1.807, 2.05) is 0 Å². The average molecular weight is 459 g/mol. The third-order valence-electron chi connectivity index (χ3n) is 4.95. The summed E-state index contributed by atoms with van der Waals surface area (Å²) in [6, 6.07) is 7.75. The van der Waals surface area contributed by atoms with Crippen molar-refractivity contribution >= 4 is 35.3 Å². The summed E-state index contributed by atoms with van der Waals surface area (Å²) < 4.78 is 26.1. The van der Waals surface area contributed by atoms with Crippen LogP contribution in [0.5, 0.6) is 0 Å². The van der Waals surface area contributed by atoms with Crippen LogP contribution in [0, 0.1) is 11.6 Å². The number of nitrogens with one attached hydrogen (secondary N) is 3. The molecule has 1 heterocycles. The average Bonchev–Trinajstić information content (AvgIpc) is 2.99. The summed E-state index contributed by atoms with van der Waals surface area (Å²) in [5.41, 5.74) is 4.14. The molecule has 0 saturated carbocycles. The largest absolute Gasteiger partial charge is 0.366 e. The van der Waals surface area contributed by atoms with Gasteiger partial charge in [-0.15, -0.1) is 0 Å². The molecule has 1 unspecified atom stereocenters. The molecule has 2 aromatic carbocycles. The molecular formula is C21H19F2N5O5. The molecule has 0 aliphatic carbocycles. The molecule has 0 aromatic heterocycles. The monoisotopic (exact) mass is 459 g/mol. The molecule has 10 nitrogen and oxygen atoms in total. The van der Waals surface area contributed by atoms with E-state index >= 15 is 0 Å². The topological polar surface area (TPSA) is 151 Å². The Morgan fingerprint density at radius 3 is 2.45 bits per heavy atom. The number of nitrogens with zero attached hydrogens (tertiary/aromatic N) is 1. The molecule has 1 fully saturated rings. The molecule has 6 amide bonds. The molecule has 2 aromatic rings. The lowest BCUT2D eigenvalue weighted by atomic mass is 9.90. The molecule has 12 heteroatoms. The van der Waals surface area contributed by atoms with Crippen molar-refractivity contribution in [1.82, 2.24) is 15.5 Å². The van der Waals surface area contributed by atoms with Crippen LogP contribution in [0.4, 0.5) is 19.3 Å². The lowest BCUT2D eigenvalue weighted by Gasteiger charge is -2.22. The molecule has 33 heavy (non-hydrogen) atoms. The van der Waals surface area contributed by atoms with Gasteiger partial charge in [-0.25, -0.2) is 13.6 Å². The molecule has 0 bridgehead atoms. The Hall–Kier alpha value is -4.35. The van der Waals surface area contributed by atoms with Crippen LogP contribution in [-0.2, 0) is 19.9 Å². The third kappa shape index (κ3) is 4.95. The maximum atomic E-state index is 13.2. The summed E-state index contributed by atoms with van der Waals surface area (Å²) >= 11 is 0. The predicted molar refractivity (Wildman–Crippen MR) is 111 cm³/mol. The zero-order chi connectivity index (χ0) is 24.3. The fourth-order valence-corrected chi connectivity index (χ4v) is 3.18. The van der Waals surface area contributed by atoms with Crippen LogP contribution < -0.4 is 21.7 Å². The number of amides is 6. The molecule has 1 atom stereocenters. The van der Waals surface area contributed by atoms with Gasteiger partial charge in [0, 0.05) is 17.3 Å². The number of anilines is 1. The highest BCUT2D eigenvalue weighted by molar-refractivity contribution is 6.09. The Bertz CT molecular complexity index is 1170. The van der Waals surface area contributed by atoms with E-state index in [1.54, 1.807) is 0 Å². The summed E-state index contributed by atoms with van der Waals surface area (Å²) in [5.74, 6) is -5.23. The van der Waals surface area contributed by atoms with Gasteiger partial charge in [-0.3, -0.25) is 24.1 Å². The molecule has 0 radical (unpaired) electrons. The van der Waals surface area contributed by atoms with Gasteiger partial charge < -0.3 is 21.7 Å². The Labute approximate surface area is 186 Å². The molecule has 0 spiro atoms. The summed E-state index contributed by atoms with van der Waals surface area (Å²) in [6.45, 7) is 0.203. The van der Waals surface area contributed by atoms with Crippen LogP contribution in [0.15, 0.2) is 42.5 Å². The van der Waals surface area contributed by atoms with Crippen molar-refractivity contribution in [3.63, 3.8) is 0 Å². The number of primary amides is 1. The lowest BCUT2D eigenvalue weighted by Crippen LogP contribution is -2.44. The van der Waals surface area contributed by atoms with E-state index < -0.39 is 59.9 Å². The van der Waals surface area contributed by atoms with Crippen molar-refractivity contribution in [3.05, 3.63) is 65.2 Å². The number of nitrogens with two attached hydrogens (primary N) is 1. The zero-order valence-electron chi connectivity index (χ0n) is 17.3. The van der Waals surface area contributed by atoms with E-state index in [9.17, 15) is 32.8 Å². The maximum absolute atomic E-state index is 13.2. The molecule has 1 aliphatic rings. The van der Waals surface area contributed by atoms with Gasteiger partial charge in [0.25, 0.3) is 5.91 Å². The second-order valence-corrected chi connectivity index (χ2v) is 7.35. The van der Waals surface area contributed by atoms with Gasteiger partial charge in [-0.05, 0) is 36.8 Å². The Morgan fingerprint density at radius 2 is 1.79 bits per heavy atom. The van der Waals surface area contributed by atoms with Gasteiger partial charge in [-0.2, -0.15) is 0 Å². The standard InChI is InChI=1S/C21H19F2N5O5/c1-21(12-4-2-3-11(7-12)18(24)31)19(32)28(20(33)27-21)10-17(30)25-9-16(29)26-13-5-6-14(22)15(23)8-13/h2-8H,9-10H2,1H3,(H2,24,31)(H,25,30)(H,26,29)(H,27,33). The number of rotatable bonds is 7. The van der Waals surface area contributed by atoms with Crippen LogP contribution in [0.25, 0.3) is 0 Å². The fourth-order valence-electron chi connectivity index (χ4n) is 3.18. The lowest BCUT2D eigenvalue weighted by molar-refractivity contribution is -0.135. The molecule has 1 aliphatic heterocycles. The number of hydrogen-bond donors (Lipinski definition) is 4. The molecule has 5 N–H and O–H groups in total. The Kier molecular flexibility index (Phi) is 6.38. The van der Waals surface area contributed by atoms with Crippen LogP contribution in [0.1, 0.15) is 22.8 Å². The van der Waals surface area contributed by atoms with E-state index in [0.29, 0.717) is 10.5 Å². The summed E-state index contributed by atoms with van der Waals surface area (Å²) in [7, 11) is 0. The Morgan fingerprint density at radius 1 is 1.06 bits per heavy atom. The number of carbonyl (C=O) groups is 5. The highest BCUT2D eigenvalue weighted by Gasteiger charge is 2.49. The number of imide groups is 1. The first kappa shape index (κ1) is 23.3. The molecule has 172 valence electrons.